The van der Waals surface area contributed by atoms with Crippen molar-refractivity contribution in [1.82, 2.24) is 14.7 Å². The first-order valence-corrected chi connectivity index (χ1v) is 9.35. The summed E-state index contributed by atoms with van der Waals surface area (Å²) in [6, 6.07) is 9.60. The Kier molecular flexibility index (Phi) is 7.21. The van der Waals surface area contributed by atoms with Crippen LogP contribution < -0.4 is 0 Å². The van der Waals surface area contributed by atoms with Crippen molar-refractivity contribution in [3.05, 3.63) is 35.9 Å². The van der Waals surface area contributed by atoms with Gasteiger partial charge >= 0.3 is 12.0 Å². The number of carboxylic acid groups (broad SMARTS) is 1. The van der Waals surface area contributed by atoms with E-state index < -0.39 is 5.97 Å². The molecule has 2 rings (SSSR count). The Morgan fingerprint density at radius 1 is 1.15 bits per heavy atom. The van der Waals surface area contributed by atoms with Gasteiger partial charge < -0.3 is 19.8 Å². The Labute approximate surface area is 160 Å². The van der Waals surface area contributed by atoms with E-state index in [-0.39, 0.29) is 30.4 Å². The van der Waals surface area contributed by atoms with Crippen molar-refractivity contribution in [2.24, 2.45) is 5.92 Å². The number of piperidine rings is 1. The Balaban J connectivity index is 1.89. The maximum atomic E-state index is 12.7. The second-order valence-corrected chi connectivity index (χ2v) is 7.34. The smallest absolute Gasteiger partial charge is 0.323 e. The van der Waals surface area contributed by atoms with Crippen molar-refractivity contribution in [3.8, 4) is 0 Å². The summed E-state index contributed by atoms with van der Waals surface area (Å²) in [4.78, 5) is 41.2. The van der Waals surface area contributed by atoms with Gasteiger partial charge in [-0.3, -0.25) is 9.59 Å². The molecular weight excluding hydrogens is 346 g/mol. The fourth-order valence-electron chi connectivity index (χ4n) is 3.38. The normalized spacial score (nSPS) is 14.9. The van der Waals surface area contributed by atoms with Crippen LogP contribution >= 0.6 is 0 Å². The van der Waals surface area contributed by atoms with Gasteiger partial charge in [0, 0.05) is 38.6 Å². The second kappa shape index (κ2) is 9.39. The molecule has 3 amide bonds. The Bertz CT molecular complexity index is 654. The van der Waals surface area contributed by atoms with E-state index in [1.807, 2.05) is 44.2 Å². The van der Waals surface area contributed by atoms with E-state index in [4.69, 9.17) is 5.11 Å². The second-order valence-electron chi connectivity index (χ2n) is 7.34. The van der Waals surface area contributed by atoms with Crippen LogP contribution in [0.5, 0.6) is 0 Å². The van der Waals surface area contributed by atoms with Crippen LogP contribution in [0.2, 0.25) is 0 Å². The molecule has 0 spiro atoms. The van der Waals surface area contributed by atoms with Crippen LogP contribution in [-0.2, 0) is 16.1 Å². The van der Waals surface area contributed by atoms with E-state index in [2.05, 4.69) is 0 Å². The number of hydrogen-bond acceptors (Lipinski definition) is 3. The first-order chi connectivity index (χ1) is 12.8. The number of urea groups is 1. The third-order valence-corrected chi connectivity index (χ3v) is 4.92. The van der Waals surface area contributed by atoms with Gasteiger partial charge in [0.15, 0.2) is 0 Å². The largest absolute Gasteiger partial charge is 0.480 e. The molecule has 1 heterocycles. The van der Waals surface area contributed by atoms with Gasteiger partial charge in [-0.05, 0) is 32.3 Å². The summed E-state index contributed by atoms with van der Waals surface area (Å²) < 4.78 is 0. The summed E-state index contributed by atoms with van der Waals surface area (Å²) in [6.07, 6.45) is 1.12. The SMILES string of the molecule is CC(C)N(CC(=O)O)C(=O)C1CCN(C(=O)N(C)Cc2ccccc2)CC1. The van der Waals surface area contributed by atoms with E-state index in [1.165, 1.54) is 4.90 Å². The molecule has 0 bridgehead atoms. The number of nitrogens with zero attached hydrogens (tertiary/aromatic N) is 3. The van der Waals surface area contributed by atoms with Crippen LogP contribution in [0, 0.1) is 5.92 Å². The van der Waals surface area contributed by atoms with Crippen LogP contribution in [-0.4, -0.2) is 70.4 Å². The minimum atomic E-state index is -1.01. The highest BCUT2D eigenvalue weighted by Crippen LogP contribution is 2.22. The van der Waals surface area contributed by atoms with Gasteiger partial charge in [-0.2, -0.15) is 0 Å². The molecule has 1 saturated heterocycles. The van der Waals surface area contributed by atoms with E-state index in [0.29, 0.717) is 32.5 Å². The minimum absolute atomic E-state index is 0.0454. The summed E-state index contributed by atoms with van der Waals surface area (Å²) in [5.74, 6) is -1.36. The zero-order valence-electron chi connectivity index (χ0n) is 16.3. The zero-order valence-corrected chi connectivity index (χ0v) is 16.3. The van der Waals surface area contributed by atoms with Crippen LogP contribution in [0.15, 0.2) is 30.3 Å². The number of aliphatic carboxylic acids is 1. The Morgan fingerprint density at radius 2 is 1.74 bits per heavy atom. The monoisotopic (exact) mass is 375 g/mol. The molecule has 1 N–H and O–H groups in total. The summed E-state index contributed by atoms with van der Waals surface area (Å²) in [7, 11) is 1.78. The molecule has 0 unspecified atom stereocenters. The lowest BCUT2D eigenvalue weighted by molar-refractivity contribution is -0.148. The highest BCUT2D eigenvalue weighted by atomic mass is 16.4. The summed E-state index contributed by atoms with van der Waals surface area (Å²) in [5.41, 5.74) is 1.07. The molecule has 0 atom stereocenters. The van der Waals surface area contributed by atoms with Crippen molar-refractivity contribution < 1.29 is 19.5 Å². The maximum absolute atomic E-state index is 12.7. The number of rotatable bonds is 6. The molecule has 1 aromatic carbocycles. The Morgan fingerprint density at radius 3 is 2.26 bits per heavy atom. The van der Waals surface area contributed by atoms with Crippen molar-refractivity contribution in [3.63, 3.8) is 0 Å². The average molecular weight is 375 g/mol. The van der Waals surface area contributed by atoms with Crippen LogP contribution in [0.1, 0.15) is 32.3 Å². The molecule has 148 valence electrons. The Hall–Kier alpha value is -2.57. The highest BCUT2D eigenvalue weighted by Gasteiger charge is 2.32. The minimum Gasteiger partial charge on any atom is -0.480 e. The summed E-state index contributed by atoms with van der Waals surface area (Å²) >= 11 is 0. The van der Waals surface area contributed by atoms with Crippen molar-refractivity contribution in [2.75, 3.05) is 26.7 Å². The number of likely N-dealkylation sites (tertiary alicyclic amines) is 1. The quantitative estimate of drug-likeness (QED) is 0.827. The van der Waals surface area contributed by atoms with Gasteiger partial charge in [0.25, 0.3) is 0 Å². The molecular formula is C20H29N3O4. The molecule has 1 aromatic rings. The van der Waals surface area contributed by atoms with E-state index in [0.717, 1.165) is 5.56 Å². The standard InChI is InChI=1S/C20H29N3O4/c1-15(2)23(14-18(24)25)19(26)17-9-11-22(12-10-17)20(27)21(3)13-16-7-5-4-6-8-16/h4-8,15,17H,9-14H2,1-3H3,(H,24,25). The third-order valence-electron chi connectivity index (χ3n) is 4.92. The number of carbonyl (C=O) groups is 3. The van der Waals surface area contributed by atoms with Crippen molar-refractivity contribution in [2.45, 2.75) is 39.3 Å². The van der Waals surface area contributed by atoms with Gasteiger partial charge in [-0.1, -0.05) is 30.3 Å². The lowest BCUT2D eigenvalue weighted by atomic mass is 9.95. The van der Waals surface area contributed by atoms with Gasteiger partial charge in [-0.15, -0.1) is 0 Å². The number of carboxylic acids is 1. The fraction of sp³-hybridized carbons (Fsp3) is 0.550. The van der Waals surface area contributed by atoms with Crippen LogP contribution in [0.25, 0.3) is 0 Å². The first-order valence-electron chi connectivity index (χ1n) is 9.35. The molecule has 1 aliphatic heterocycles. The zero-order chi connectivity index (χ0) is 20.0. The van der Waals surface area contributed by atoms with E-state index in [9.17, 15) is 14.4 Å². The lowest BCUT2D eigenvalue weighted by Gasteiger charge is -2.36. The fourth-order valence-corrected chi connectivity index (χ4v) is 3.38. The van der Waals surface area contributed by atoms with E-state index >= 15 is 0 Å². The highest BCUT2D eigenvalue weighted by molar-refractivity contribution is 5.83. The third kappa shape index (κ3) is 5.70. The number of amides is 3. The molecule has 0 aromatic heterocycles. The topological polar surface area (TPSA) is 81.2 Å². The van der Waals surface area contributed by atoms with Crippen LogP contribution in [0.4, 0.5) is 4.79 Å². The van der Waals surface area contributed by atoms with E-state index in [1.54, 1.807) is 16.8 Å². The predicted molar refractivity (Wildman–Crippen MR) is 102 cm³/mol. The molecule has 7 nitrogen and oxygen atoms in total. The molecule has 1 fully saturated rings. The van der Waals surface area contributed by atoms with Gasteiger partial charge in [0.05, 0.1) is 0 Å². The molecule has 27 heavy (non-hydrogen) atoms. The predicted octanol–water partition coefficient (Wildman–Crippen LogP) is 2.27. The molecule has 0 aliphatic carbocycles. The van der Waals surface area contributed by atoms with Gasteiger partial charge in [-0.25, -0.2) is 4.79 Å². The number of carbonyl (C=O) groups excluding carboxylic acids is 2. The number of benzene rings is 1. The first kappa shape index (κ1) is 20.7. The maximum Gasteiger partial charge on any atom is 0.323 e. The molecule has 0 saturated carbocycles. The molecule has 0 radical (unpaired) electrons. The molecule has 1 aliphatic rings. The average Bonchev–Trinajstić information content (AvgIpc) is 2.65. The molecule has 7 heteroatoms. The lowest BCUT2D eigenvalue weighted by Crippen LogP contribution is -2.49. The summed E-state index contributed by atoms with van der Waals surface area (Å²) in [6.45, 7) is 4.91. The van der Waals surface area contributed by atoms with Crippen molar-refractivity contribution >= 4 is 17.9 Å². The summed E-state index contributed by atoms with van der Waals surface area (Å²) in [5, 5.41) is 9.02. The van der Waals surface area contributed by atoms with Crippen molar-refractivity contribution in [1.29, 1.82) is 0 Å². The number of hydrogen-bond donors (Lipinski definition) is 1. The van der Waals surface area contributed by atoms with Gasteiger partial charge in [0.2, 0.25) is 5.91 Å². The van der Waals surface area contributed by atoms with Gasteiger partial charge in [0.1, 0.15) is 6.54 Å². The van der Waals surface area contributed by atoms with Crippen LogP contribution in [0.3, 0.4) is 0 Å².